The third-order valence-electron chi connectivity index (χ3n) is 4.69. The van der Waals surface area contributed by atoms with Gasteiger partial charge in [0.15, 0.2) is 0 Å². The molecule has 2 N–H and O–H groups in total. The topological polar surface area (TPSA) is 71.5 Å². The van der Waals surface area contributed by atoms with Crippen molar-refractivity contribution in [2.75, 3.05) is 7.05 Å². The monoisotopic (exact) mass is 394 g/mol. The van der Waals surface area contributed by atoms with Crippen LogP contribution in [0.15, 0.2) is 18.2 Å². The minimum atomic E-state index is -0.727. The molecule has 1 saturated carbocycles. The predicted molar refractivity (Wildman–Crippen MR) is 104 cm³/mol. The summed E-state index contributed by atoms with van der Waals surface area (Å²) in [6.45, 7) is 2.65. The van der Waals surface area contributed by atoms with E-state index in [0.717, 1.165) is 57.7 Å². The number of carboxylic acid groups (broad SMARTS) is 1. The van der Waals surface area contributed by atoms with E-state index in [9.17, 15) is 9.90 Å². The van der Waals surface area contributed by atoms with Gasteiger partial charge in [0.25, 0.3) is 0 Å². The van der Waals surface area contributed by atoms with Crippen molar-refractivity contribution in [3.63, 3.8) is 0 Å². The first-order valence-corrected chi connectivity index (χ1v) is 9.97. The van der Waals surface area contributed by atoms with Gasteiger partial charge in [-0.15, -0.1) is 11.3 Å². The van der Waals surface area contributed by atoms with E-state index in [1.807, 2.05) is 32.2 Å². The molecule has 7 heteroatoms. The number of aliphatic carboxylic acids is 1. The van der Waals surface area contributed by atoms with Crippen LogP contribution in [0.3, 0.4) is 0 Å². The summed E-state index contributed by atoms with van der Waals surface area (Å²) >= 11 is 7.70. The zero-order chi connectivity index (χ0) is 18.7. The molecule has 2 heterocycles. The van der Waals surface area contributed by atoms with E-state index in [2.05, 4.69) is 5.32 Å². The number of carboxylic acids is 1. The molecule has 1 aliphatic carbocycles. The Labute approximate surface area is 162 Å². The quantitative estimate of drug-likeness (QED) is 0.754. The molecule has 0 radical (unpaired) electrons. The van der Waals surface area contributed by atoms with Gasteiger partial charge in [-0.25, -0.2) is 4.98 Å². The van der Waals surface area contributed by atoms with E-state index in [1.54, 1.807) is 0 Å². The Kier molecular flexibility index (Phi) is 6.16. The van der Waals surface area contributed by atoms with Gasteiger partial charge >= 0.3 is 5.97 Å². The molecule has 5 nitrogen and oxygen atoms in total. The van der Waals surface area contributed by atoms with E-state index in [-0.39, 0.29) is 12.0 Å². The second-order valence-corrected chi connectivity index (χ2v) is 8.34. The van der Waals surface area contributed by atoms with Crippen LogP contribution in [0.1, 0.15) is 36.9 Å². The molecule has 140 valence electrons. The largest absolute Gasteiger partial charge is 0.489 e. The van der Waals surface area contributed by atoms with E-state index >= 15 is 0 Å². The smallest absolute Gasteiger partial charge is 0.306 e. The molecule has 0 aliphatic heterocycles. The first-order valence-electron chi connectivity index (χ1n) is 8.78. The van der Waals surface area contributed by atoms with Crippen LogP contribution < -0.4 is 10.1 Å². The Morgan fingerprint density at radius 3 is 2.96 bits per heavy atom. The number of nitrogens with zero attached hydrogens (tertiary/aromatic N) is 1. The maximum absolute atomic E-state index is 11.2. The predicted octanol–water partition coefficient (Wildman–Crippen LogP) is 4.51. The Hall–Kier alpha value is -1.63. The molecular formula is C19H23ClN2O3S. The average Bonchev–Trinajstić information content (AvgIpc) is 2.98. The van der Waals surface area contributed by atoms with Crippen molar-refractivity contribution in [2.24, 2.45) is 5.92 Å². The van der Waals surface area contributed by atoms with Gasteiger partial charge in [-0.2, -0.15) is 0 Å². The molecule has 0 aromatic carbocycles. The molecule has 3 rings (SSSR count). The molecule has 0 spiro atoms. The fourth-order valence-corrected chi connectivity index (χ4v) is 4.63. The first kappa shape index (κ1) is 19.1. The number of pyridine rings is 1. The summed E-state index contributed by atoms with van der Waals surface area (Å²) in [6.07, 6.45) is 3.00. The lowest BCUT2D eigenvalue weighted by atomic mass is 9.87. The highest BCUT2D eigenvalue weighted by Gasteiger charge is 2.28. The number of nitrogens with one attached hydrogen (secondary N) is 1. The fraction of sp³-hybridized carbons (Fsp3) is 0.474. The third kappa shape index (κ3) is 4.37. The summed E-state index contributed by atoms with van der Waals surface area (Å²) in [7, 11) is 1.90. The first-order chi connectivity index (χ1) is 12.5. The molecule has 1 aliphatic rings. The number of aryl methyl sites for hydroxylation is 1. The molecule has 26 heavy (non-hydrogen) atoms. The lowest BCUT2D eigenvalue weighted by Gasteiger charge is -2.27. The number of aromatic nitrogens is 1. The number of ether oxygens (including phenoxy) is 1. The molecule has 0 amide bonds. The third-order valence-corrected chi connectivity index (χ3v) is 6.01. The van der Waals surface area contributed by atoms with Crippen LogP contribution in [0.4, 0.5) is 0 Å². The zero-order valence-corrected chi connectivity index (χ0v) is 16.5. The van der Waals surface area contributed by atoms with Gasteiger partial charge in [-0.1, -0.05) is 11.6 Å². The number of halogens is 1. The number of hydrogen-bond donors (Lipinski definition) is 2. The molecule has 0 bridgehead atoms. The second kappa shape index (κ2) is 8.37. The van der Waals surface area contributed by atoms with E-state index in [0.29, 0.717) is 6.42 Å². The molecule has 2 aromatic rings. The molecule has 0 unspecified atom stereocenters. The van der Waals surface area contributed by atoms with Gasteiger partial charge in [-0.3, -0.25) is 4.79 Å². The summed E-state index contributed by atoms with van der Waals surface area (Å²) in [4.78, 5) is 17.0. The van der Waals surface area contributed by atoms with Crippen molar-refractivity contribution >= 4 is 28.9 Å². The highest BCUT2D eigenvalue weighted by Crippen LogP contribution is 2.36. The molecular weight excluding hydrogens is 372 g/mol. The molecule has 2 aromatic heterocycles. The van der Waals surface area contributed by atoms with E-state index < -0.39 is 5.97 Å². The van der Waals surface area contributed by atoms with Crippen molar-refractivity contribution in [3.05, 3.63) is 33.8 Å². The second-order valence-electron chi connectivity index (χ2n) is 6.66. The van der Waals surface area contributed by atoms with Crippen LogP contribution in [0.2, 0.25) is 4.34 Å². The van der Waals surface area contributed by atoms with Gasteiger partial charge in [0, 0.05) is 6.54 Å². The van der Waals surface area contributed by atoms with Crippen LogP contribution in [-0.2, 0) is 11.3 Å². The minimum Gasteiger partial charge on any atom is -0.489 e. The minimum absolute atomic E-state index is 0.0627. The van der Waals surface area contributed by atoms with Crippen LogP contribution in [-0.4, -0.2) is 29.2 Å². The Morgan fingerprint density at radius 2 is 2.27 bits per heavy atom. The van der Waals surface area contributed by atoms with Crippen LogP contribution in [0, 0.1) is 12.8 Å². The summed E-state index contributed by atoms with van der Waals surface area (Å²) in [5.41, 5.74) is 2.81. The number of rotatable bonds is 6. The molecule has 2 atom stereocenters. The van der Waals surface area contributed by atoms with Gasteiger partial charge in [-0.05, 0) is 63.4 Å². The van der Waals surface area contributed by atoms with Crippen molar-refractivity contribution in [1.29, 1.82) is 0 Å². The SMILES string of the molecule is CNCc1cc(Cl)sc1-c1ccc(O[C@H]2CCC[C@H](C(=O)O)C2)c(C)n1. The van der Waals surface area contributed by atoms with Crippen molar-refractivity contribution in [3.8, 4) is 16.3 Å². The van der Waals surface area contributed by atoms with Crippen molar-refractivity contribution in [2.45, 2.75) is 45.3 Å². The molecule has 0 saturated heterocycles. The standard InChI is InChI=1S/C19H23ClN2O3S/c1-11-16(25-14-5-3-4-12(8-14)19(23)24)7-6-15(22-11)18-13(10-21-2)9-17(20)26-18/h6-7,9,12,14,21H,3-5,8,10H2,1-2H3,(H,23,24)/t12-,14-/m0/s1. The van der Waals surface area contributed by atoms with Crippen molar-refractivity contribution < 1.29 is 14.6 Å². The van der Waals surface area contributed by atoms with Gasteiger partial charge in [0.05, 0.1) is 32.6 Å². The normalized spacial score (nSPS) is 20.1. The highest BCUT2D eigenvalue weighted by atomic mass is 35.5. The Morgan fingerprint density at radius 1 is 1.46 bits per heavy atom. The summed E-state index contributed by atoms with van der Waals surface area (Å²) < 4.78 is 6.82. The summed E-state index contributed by atoms with van der Waals surface area (Å²) in [5.74, 6) is -0.309. The van der Waals surface area contributed by atoms with E-state index in [4.69, 9.17) is 21.3 Å². The van der Waals surface area contributed by atoms with Gasteiger partial charge in [0.1, 0.15) is 5.75 Å². The molecule has 1 fully saturated rings. The van der Waals surface area contributed by atoms with Crippen LogP contribution in [0.5, 0.6) is 5.75 Å². The van der Waals surface area contributed by atoms with Crippen LogP contribution >= 0.6 is 22.9 Å². The number of carbonyl (C=O) groups is 1. The maximum Gasteiger partial charge on any atom is 0.306 e. The highest BCUT2D eigenvalue weighted by molar-refractivity contribution is 7.19. The average molecular weight is 395 g/mol. The summed E-state index contributed by atoms with van der Waals surface area (Å²) in [5, 5.41) is 12.4. The lowest BCUT2D eigenvalue weighted by Crippen LogP contribution is -2.29. The van der Waals surface area contributed by atoms with Gasteiger partial charge in [0.2, 0.25) is 0 Å². The zero-order valence-electron chi connectivity index (χ0n) is 14.9. The number of thiophene rings is 1. The van der Waals surface area contributed by atoms with Crippen molar-refractivity contribution in [1.82, 2.24) is 10.3 Å². The Bertz CT molecular complexity index is 793. The number of hydrogen-bond acceptors (Lipinski definition) is 5. The maximum atomic E-state index is 11.2. The summed E-state index contributed by atoms with van der Waals surface area (Å²) in [6, 6.07) is 5.84. The Balaban J connectivity index is 1.77. The van der Waals surface area contributed by atoms with Gasteiger partial charge < -0.3 is 15.2 Å². The fourth-order valence-electron chi connectivity index (χ4n) is 3.39. The lowest BCUT2D eigenvalue weighted by molar-refractivity contribution is -0.143. The van der Waals surface area contributed by atoms with Crippen LogP contribution in [0.25, 0.3) is 10.6 Å². The van der Waals surface area contributed by atoms with E-state index in [1.165, 1.54) is 11.3 Å².